The predicted molar refractivity (Wildman–Crippen MR) is 72.3 cm³/mol. The number of carbonyl (C=O) groups excluding carboxylic acids is 1. The molecular weight excluding hydrogens is 242 g/mol. The number of halogens is 1. The molecule has 0 aromatic heterocycles. The van der Waals surface area contributed by atoms with E-state index in [0.29, 0.717) is 23.0 Å². The summed E-state index contributed by atoms with van der Waals surface area (Å²) in [6.45, 7) is 6.35. The largest absolute Gasteiger partial charge is 0.342 e. The molecule has 0 saturated carbocycles. The minimum Gasteiger partial charge on any atom is -0.342 e. The fourth-order valence-corrected chi connectivity index (χ4v) is 3.09. The summed E-state index contributed by atoms with van der Waals surface area (Å²) < 4.78 is 0.325. The fraction of sp³-hybridized carbons (Fsp3) is 0.917. The van der Waals surface area contributed by atoms with Crippen LogP contribution < -0.4 is 0 Å². The number of carbonyl (C=O) groups is 1. The minimum atomic E-state index is 0.309. The molecule has 94 valence electrons. The van der Waals surface area contributed by atoms with E-state index in [0.717, 1.165) is 38.1 Å². The van der Waals surface area contributed by atoms with Crippen LogP contribution in [0.25, 0.3) is 0 Å². The van der Waals surface area contributed by atoms with Gasteiger partial charge in [-0.05, 0) is 19.3 Å². The van der Waals surface area contributed by atoms with E-state index in [1.807, 2.05) is 16.7 Å². The van der Waals surface area contributed by atoms with Crippen molar-refractivity contribution in [1.82, 2.24) is 4.90 Å². The summed E-state index contributed by atoms with van der Waals surface area (Å²) >= 11 is 7.58. The Balaban J connectivity index is 2.33. The summed E-state index contributed by atoms with van der Waals surface area (Å²) in [5.41, 5.74) is 0. The van der Waals surface area contributed by atoms with E-state index >= 15 is 0 Å². The van der Waals surface area contributed by atoms with E-state index in [1.54, 1.807) is 0 Å². The zero-order valence-electron chi connectivity index (χ0n) is 10.3. The van der Waals surface area contributed by atoms with E-state index in [2.05, 4.69) is 13.8 Å². The predicted octanol–water partition coefficient (Wildman–Crippen LogP) is 3.14. The van der Waals surface area contributed by atoms with Crippen LogP contribution in [0.5, 0.6) is 0 Å². The Bertz CT molecular complexity index is 233. The Morgan fingerprint density at radius 2 is 2.12 bits per heavy atom. The number of nitrogens with zero attached hydrogens (tertiary/aromatic N) is 1. The van der Waals surface area contributed by atoms with Crippen molar-refractivity contribution in [3.8, 4) is 0 Å². The van der Waals surface area contributed by atoms with E-state index in [-0.39, 0.29) is 0 Å². The molecule has 0 atom stereocenters. The average molecular weight is 264 g/mol. The molecule has 0 unspecified atom stereocenters. The highest BCUT2D eigenvalue weighted by atomic mass is 35.5. The molecule has 0 aromatic rings. The van der Waals surface area contributed by atoms with Crippen LogP contribution in [0.15, 0.2) is 0 Å². The van der Waals surface area contributed by atoms with Gasteiger partial charge in [-0.15, -0.1) is 11.6 Å². The van der Waals surface area contributed by atoms with E-state index < -0.39 is 0 Å². The molecule has 0 radical (unpaired) electrons. The molecule has 0 N–H and O–H groups in total. The molecule has 4 heteroatoms. The number of thioether (sulfide) groups is 1. The van der Waals surface area contributed by atoms with Crippen LogP contribution in [-0.4, -0.2) is 40.3 Å². The van der Waals surface area contributed by atoms with Gasteiger partial charge in [0.2, 0.25) is 5.91 Å². The van der Waals surface area contributed by atoms with Gasteiger partial charge in [0.15, 0.2) is 0 Å². The normalized spacial score (nSPS) is 20.6. The first-order chi connectivity index (χ1) is 7.55. The first-order valence-electron chi connectivity index (χ1n) is 6.03. The van der Waals surface area contributed by atoms with Crippen LogP contribution in [0.3, 0.4) is 0 Å². The van der Waals surface area contributed by atoms with Crippen LogP contribution in [0.1, 0.15) is 39.5 Å². The van der Waals surface area contributed by atoms with Crippen molar-refractivity contribution in [2.45, 2.75) is 44.3 Å². The van der Waals surface area contributed by atoms with Crippen LogP contribution in [0, 0.1) is 0 Å². The fourth-order valence-electron chi connectivity index (χ4n) is 1.80. The molecule has 0 spiro atoms. The molecule has 1 amide bonds. The number of rotatable bonds is 4. The first kappa shape index (κ1) is 14.2. The molecule has 2 nitrogen and oxygen atoms in total. The second-order valence-electron chi connectivity index (χ2n) is 4.89. The maximum absolute atomic E-state index is 11.9. The third kappa shape index (κ3) is 4.96. The Labute approximate surface area is 108 Å². The van der Waals surface area contributed by atoms with Gasteiger partial charge in [0, 0.05) is 35.9 Å². The van der Waals surface area contributed by atoms with Crippen molar-refractivity contribution in [3.63, 3.8) is 0 Å². The Morgan fingerprint density at radius 3 is 2.81 bits per heavy atom. The molecule has 1 saturated heterocycles. The monoisotopic (exact) mass is 263 g/mol. The zero-order chi connectivity index (χ0) is 12.0. The SMILES string of the molecule is CC1(C)CCN(C(=O)CCCCCl)CCS1. The number of hydrogen-bond donors (Lipinski definition) is 0. The van der Waals surface area contributed by atoms with Gasteiger partial charge in [-0.2, -0.15) is 11.8 Å². The maximum atomic E-state index is 11.9. The topological polar surface area (TPSA) is 20.3 Å². The third-order valence-corrected chi connectivity index (χ3v) is 4.60. The van der Waals surface area contributed by atoms with E-state index in [1.165, 1.54) is 0 Å². The van der Waals surface area contributed by atoms with Crippen molar-refractivity contribution >= 4 is 29.3 Å². The maximum Gasteiger partial charge on any atom is 0.222 e. The highest BCUT2D eigenvalue weighted by molar-refractivity contribution is 8.00. The van der Waals surface area contributed by atoms with Crippen molar-refractivity contribution < 1.29 is 4.79 Å². The Hall–Kier alpha value is 0.110. The van der Waals surface area contributed by atoms with Gasteiger partial charge in [0.05, 0.1) is 0 Å². The van der Waals surface area contributed by atoms with Crippen molar-refractivity contribution in [2.24, 2.45) is 0 Å². The molecule has 0 aromatic carbocycles. The van der Waals surface area contributed by atoms with Gasteiger partial charge in [0.25, 0.3) is 0 Å². The Kier molecular flexibility index (Phi) is 5.98. The molecule has 0 bridgehead atoms. The summed E-state index contributed by atoms with van der Waals surface area (Å²) in [6.07, 6.45) is 3.63. The zero-order valence-corrected chi connectivity index (χ0v) is 11.9. The van der Waals surface area contributed by atoms with Crippen molar-refractivity contribution in [2.75, 3.05) is 24.7 Å². The van der Waals surface area contributed by atoms with Crippen LogP contribution in [0.4, 0.5) is 0 Å². The Morgan fingerprint density at radius 1 is 1.38 bits per heavy atom. The third-order valence-electron chi connectivity index (χ3n) is 2.96. The van der Waals surface area contributed by atoms with Gasteiger partial charge >= 0.3 is 0 Å². The molecule has 1 aliphatic rings. The number of hydrogen-bond acceptors (Lipinski definition) is 2. The van der Waals surface area contributed by atoms with Gasteiger partial charge < -0.3 is 4.90 Å². The van der Waals surface area contributed by atoms with Gasteiger partial charge in [-0.3, -0.25) is 4.79 Å². The van der Waals surface area contributed by atoms with Crippen molar-refractivity contribution in [3.05, 3.63) is 0 Å². The summed E-state index contributed by atoms with van der Waals surface area (Å²) in [6, 6.07) is 0. The number of alkyl halides is 1. The quantitative estimate of drug-likeness (QED) is 0.574. The summed E-state index contributed by atoms with van der Waals surface area (Å²) in [5.74, 6) is 2.04. The minimum absolute atomic E-state index is 0.309. The van der Waals surface area contributed by atoms with E-state index in [4.69, 9.17) is 11.6 Å². The molecular formula is C12H22ClNOS. The number of amides is 1. The lowest BCUT2D eigenvalue weighted by Gasteiger charge is -2.22. The lowest BCUT2D eigenvalue weighted by atomic mass is 10.1. The number of unbranched alkanes of at least 4 members (excludes halogenated alkanes) is 1. The average Bonchev–Trinajstić information content (AvgIpc) is 2.39. The lowest BCUT2D eigenvalue weighted by molar-refractivity contribution is -0.131. The van der Waals surface area contributed by atoms with Gasteiger partial charge in [0.1, 0.15) is 0 Å². The second kappa shape index (κ2) is 6.75. The molecule has 1 aliphatic heterocycles. The first-order valence-corrected chi connectivity index (χ1v) is 7.55. The summed E-state index contributed by atoms with van der Waals surface area (Å²) in [4.78, 5) is 13.9. The summed E-state index contributed by atoms with van der Waals surface area (Å²) in [5, 5.41) is 0. The smallest absolute Gasteiger partial charge is 0.222 e. The molecule has 1 heterocycles. The molecule has 1 fully saturated rings. The standard InChI is InChI=1S/C12H22ClNOS/c1-12(2)6-8-14(9-10-16-12)11(15)5-3-4-7-13/h3-10H2,1-2H3. The molecule has 0 aliphatic carbocycles. The highest BCUT2D eigenvalue weighted by Crippen LogP contribution is 2.30. The summed E-state index contributed by atoms with van der Waals surface area (Å²) in [7, 11) is 0. The van der Waals surface area contributed by atoms with E-state index in [9.17, 15) is 4.79 Å². The van der Waals surface area contributed by atoms with Crippen LogP contribution >= 0.6 is 23.4 Å². The second-order valence-corrected chi connectivity index (χ2v) is 7.07. The van der Waals surface area contributed by atoms with Crippen LogP contribution in [0.2, 0.25) is 0 Å². The molecule has 16 heavy (non-hydrogen) atoms. The van der Waals surface area contributed by atoms with Crippen molar-refractivity contribution in [1.29, 1.82) is 0 Å². The lowest BCUT2D eigenvalue weighted by Crippen LogP contribution is -2.33. The highest BCUT2D eigenvalue weighted by Gasteiger charge is 2.25. The molecule has 1 rings (SSSR count). The van der Waals surface area contributed by atoms with Crippen LogP contribution in [-0.2, 0) is 4.79 Å². The van der Waals surface area contributed by atoms with Gasteiger partial charge in [-0.1, -0.05) is 13.8 Å². The van der Waals surface area contributed by atoms with Gasteiger partial charge in [-0.25, -0.2) is 0 Å².